The lowest BCUT2D eigenvalue weighted by molar-refractivity contribution is -0.116. The highest BCUT2D eigenvalue weighted by molar-refractivity contribution is 5.93. The molecule has 1 saturated carbocycles. The van der Waals surface area contributed by atoms with Gasteiger partial charge in [-0.05, 0) is 59.4 Å². The maximum atomic E-state index is 13.7. The fourth-order valence-corrected chi connectivity index (χ4v) is 6.63. The Morgan fingerprint density at radius 2 is 1.60 bits per heavy atom. The van der Waals surface area contributed by atoms with Gasteiger partial charge in [0.05, 0.1) is 0 Å². The molecule has 4 nitrogen and oxygen atoms in total. The van der Waals surface area contributed by atoms with Crippen molar-refractivity contribution in [2.45, 2.75) is 89.9 Å². The van der Waals surface area contributed by atoms with Crippen LogP contribution in [0.4, 0.5) is 5.69 Å². The van der Waals surface area contributed by atoms with E-state index in [0.29, 0.717) is 6.42 Å². The zero-order chi connectivity index (χ0) is 28.1. The predicted octanol–water partition coefficient (Wildman–Crippen LogP) is 8.76. The van der Waals surface area contributed by atoms with Crippen LogP contribution in [0.5, 0.6) is 11.5 Å². The monoisotopic (exact) mass is 539 g/mol. The number of fused-ring (bicyclic) bond motifs is 2. The number of rotatable bonds is 9. The second-order valence-corrected chi connectivity index (χ2v) is 12.9. The second-order valence-electron chi connectivity index (χ2n) is 12.9. The zero-order valence-corrected chi connectivity index (χ0v) is 24.4. The van der Waals surface area contributed by atoms with Crippen molar-refractivity contribution < 1.29 is 14.6 Å². The largest absolute Gasteiger partial charge is 0.457 e. The Kier molecular flexibility index (Phi) is 8.95. The summed E-state index contributed by atoms with van der Waals surface area (Å²) in [4.78, 5) is 13.7. The fraction of sp³-hybridized carbons (Fsp3) is 0.472. The molecule has 40 heavy (non-hydrogen) atoms. The van der Waals surface area contributed by atoms with Crippen LogP contribution >= 0.6 is 0 Å². The van der Waals surface area contributed by atoms with Gasteiger partial charge < -0.3 is 15.2 Å². The third-order valence-electron chi connectivity index (χ3n) is 8.85. The average molecular weight is 540 g/mol. The van der Waals surface area contributed by atoms with E-state index in [-0.39, 0.29) is 29.8 Å². The highest BCUT2D eigenvalue weighted by atomic mass is 16.5. The van der Waals surface area contributed by atoms with E-state index in [1.165, 1.54) is 44.1 Å². The molecular weight excluding hydrogens is 494 g/mol. The number of para-hydroxylation sites is 2. The summed E-state index contributed by atoms with van der Waals surface area (Å²) in [6, 6.07) is 22.5. The molecule has 0 bridgehead atoms. The van der Waals surface area contributed by atoms with E-state index >= 15 is 0 Å². The van der Waals surface area contributed by atoms with E-state index in [2.05, 4.69) is 56.4 Å². The van der Waals surface area contributed by atoms with Crippen molar-refractivity contribution in [3.8, 4) is 11.5 Å². The number of nitrogens with one attached hydrogen (secondary N) is 1. The molecule has 1 aliphatic carbocycles. The van der Waals surface area contributed by atoms with Crippen LogP contribution < -0.4 is 10.1 Å². The van der Waals surface area contributed by atoms with Crippen LogP contribution in [-0.2, 0) is 16.6 Å². The molecule has 5 rings (SSSR count). The van der Waals surface area contributed by atoms with Crippen LogP contribution in [0.2, 0.25) is 0 Å². The summed E-state index contributed by atoms with van der Waals surface area (Å²) in [7, 11) is 0. The number of carbonyl (C=O) groups is 1. The van der Waals surface area contributed by atoms with Gasteiger partial charge in [0.1, 0.15) is 11.5 Å². The summed E-state index contributed by atoms with van der Waals surface area (Å²) >= 11 is 0. The number of aliphatic hydroxyl groups is 1. The lowest BCUT2D eigenvalue weighted by Crippen LogP contribution is -2.22. The van der Waals surface area contributed by atoms with Gasteiger partial charge in [0.25, 0.3) is 0 Å². The Morgan fingerprint density at radius 3 is 2.23 bits per heavy atom. The first-order chi connectivity index (χ1) is 19.3. The first-order valence-electron chi connectivity index (χ1n) is 15.2. The Balaban J connectivity index is 1.33. The molecule has 3 aromatic carbocycles. The summed E-state index contributed by atoms with van der Waals surface area (Å²) < 4.78 is 6.14. The Labute approximate surface area is 240 Å². The molecule has 1 unspecified atom stereocenters. The number of carbonyl (C=O) groups excluding carboxylic acids is 1. The molecule has 2 aliphatic rings. The van der Waals surface area contributed by atoms with Crippen molar-refractivity contribution in [3.05, 3.63) is 89.0 Å². The predicted molar refractivity (Wildman–Crippen MR) is 163 cm³/mol. The molecule has 3 aromatic rings. The van der Waals surface area contributed by atoms with Crippen LogP contribution in [0.3, 0.4) is 0 Å². The molecule has 0 aromatic heterocycles. The van der Waals surface area contributed by atoms with Crippen molar-refractivity contribution in [1.82, 2.24) is 0 Å². The topological polar surface area (TPSA) is 58.6 Å². The Bertz CT molecular complexity index is 1260. The van der Waals surface area contributed by atoms with Gasteiger partial charge in [0.2, 0.25) is 5.91 Å². The van der Waals surface area contributed by atoms with E-state index in [1.54, 1.807) is 0 Å². The van der Waals surface area contributed by atoms with Crippen LogP contribution in [0.25, 0.3) is 0 Å². The molecule has 0 saturated heterocycles. The van der Waals surface area contributed by atoms with Gasteiger partial charge in [-0.2, -0.15) is 0 Å². The summed E-state index contributed by atoms with van der Waals surface area (Å²) in [5, 5.41) is 13.5. The van der Waals surface area contributed by atoms with E-state index < -0.39 is 0 Å². The quantitative estimate of drug-likeness (QED) is 0.286. The molecule has 1 fully saturated rings. The molecule has 1 atom stereocenters. The lowest BCUT2D eigenvalue weighted by atomic mass is 9.82. The van der Waals surface area contributed by atoms with Crippen molar-refractivity contribution in [1.29, 1.82) is 0 Å². The lowest BCUT2D eigenvalue weighted by Gasteiger charge is -2.28. The number of hydrogen-bond acceptors (Lipinski definition) is 3. The first-order valence-corrected chi connectivity index (χ1v) is 15.2. The van der Waals surface area contributed by atoms with Crippen molar-refractivity contribution in [2.24, 2.45) is 11.8 Å². The molecule has 0 spiro atoms. The normalized spacial score (nSPS) is 16.5. The fourth-order valence-electron chi connectivity index (χ4n) is 6.63. The molecule has 1 heterocycles. The molecule has 212 valence electrons. The number of hydrogen-bond donors (Lipinski definition) is 2. The van der Waals surface area contributed by atoms with Crippen molar-refractivity contribution in [3.63, 3.8) is 0 Å². The Morgan fingerprint density at radius 1 is 0.950 bits per heavy atom. The van der Waals surface area contributed by atoms with E-state index in [1.807, 2.05) is 36.4 Å². The van der Waals surface area contributed by atoms with E-state index in [0.717, 1.165) is 52.6 Å². The number of aliphatic hydroxyl groups excluding tert-OH is 1. The summed E-state index contributed by atoms with van der Waals surface area (Å²) in [6.07, 6.45) is 10.2. The third kappa shape index (κ3) is 6.78. The SMILES string of the molecule is CC(C)(C)c1ccc(CC(CO)CCC2CCCCC2)cc1NC(=O)CC1c2ccccc2Oc2ccccc21. The number of anilines is 1. The number of ether oxygens (including phenoxy) is 1. The van der Waals surface area contributed by atoms with E-state index in [4.69, 9.17) is 4.74 Å². The summed E-state index contributed by atoms with van der Waals surface area (Å²) in [6.45, 7) is 6.76. The molecular formula is C36H45NO3. The number of benzene rings is 3. The van der Waals surface area contributed by atoms with Gasteiger partial charge in [-0.25, -0.2) is 0 Å². The van der Waals surface area contributed by atoms with Crippen LogP contribution in [0, 0.1) is 11.8 Å². The maximum Gasteiger partial charge on any atom is 0.225 e. The van der Waals surface area contributed by atoms with Gasteiger partial charge in [-0.15, -0.1) is 0 Å². The van der Waals surface area contributed by atoms with Gasteiger partial charge >= 0.3 is 0 Å². The third-order valence-corrected chi connectivity index (χ3v) is 8.85. The molecule has 1 amide bonds. The van der Waals surface area contributed by atoms with Gasteiger partial charge in [-0.1, -0.05) is 108 Å². The molecule has 4 heteroatoms. The van der Waals surface area contributed by atoms with E-state index in [9.17, 15) is 9.90 Å². The molecule has 1 aliphatic heterocycles. The van der Waals surface area contributed by atoms with Crippen molar-refractivity contribution >= 4 is 11.6 Å². The minimum Gasteiger partial charge on any atom is -0.457 e. The summed E-state index contributed by atoms with van der Waals surface area (Å²) in [5.41, 5.74) is 5.16. The molecule has 2 N–H and O–H groups in total. The minimum atomic E-state index is -0.115. The van der Waals surface area contributed by atoms with Gasteiger partial charge in [0.15, 0.2) is 0 Å². The standard InChI is InChI=1S/C36H45NO3/c1-36(2,3)31-20-19-26(21-27(24-38)18-17-25-11-5-4-6-12-25)22-32(31)37-35(39)23-30-28-13-7-9-15-33(28)40-34-16-10-8-14-29(30)34/h7-10,13-16,19-20,22,25,27,30,38H,4-6,11-12,17-18,21,23-24H2,1-3H3,(H,37,39). The van der Waals surface area contributed by atoms with Gasteiger partial charge in [0, 0.05) is 35.8 Å². The average Bonchev–Trinajstić information content (AvgIpc) is 2.95. The smallest absolute Gasteiger partial charge is 0.225 e. The minimum absolute atomic E-state index is 0.00448. The Hall–Kier alpha value is -3.11. The zero-order valence-electron chi connectivity index (χ0n) is 24.4. The van der Waals surface area contributed by atoms with Gasteiger partial charge in [-0.3, -0.25) is 4.79 Å². The molecule has 0 radical (unpaired) electrons. The van der Waals surface area contributed by atoms with Crippen molar-refractivity contribution in [2.75, 3.05) is 11.9 Å². The van der Waals surface area contributed by atoms with Crippen LogP contribution in [0.1, 0.15) is 100 Å². The maximum absolute atomic E-state index is 13.7. The van der Waals surface area contributed by atoms with Crippen LogP contribution in [0.15, 0.2) is 66.7 Å². The highest BCUT2D eigenvalue weighted by Gasteiger charge is 2.29. The second kappa shape index (κ2) is 12.6. The highest BCUT2D eigenvalue weighted by Crippen LogP contribution is 2.45. The number of amides is 1. The first kappa shape index (κ1) is 28.4. The summed E-state index contributed by atoms with van der Waals surface area (Å²) in [5.74, 6) is 2.64. The van der Waals surface area contributed by atoms with Crippen LogP contribution in [-0.4, -0.2) is 17.6 Å².